The molecule has 31 heavy (non-hydrogen) atoms. The predicted octanol–water partition coefficient (Wildman–Crippen LogP) is 3.29. The Morgan fingerprint density at radius 1 is 1.10 bits per heavy atom. The van der Waals surface area contributed by atoms with Gasteiger partial charge in [0.1, 0.15) is 6.04 Å². The minimum atomic E-state index is -0.301. The molecule has 2 amide bonds. The lowest BCUT2D eigenvalue weighted by molar-refractivity contribution is -0.139. The maximum Gasteiger partial charge on any atom is 0.244 e. The largest absolute Gasteiger partial charge is 0.454 e. The van der Waals surface area contributed by atoms with E-state index in [9.17, 15) is 9.59 Å². The molecule has 2 aromatic carbocycles. The van der Waals surface area contributed by atoms with Gasteiger partial charge in [0, 0.05) is 30.8 Å². The molecule has 1 N–H and O–H groups in total. The summed E-state index contributed by atoms with van der Waals surface area (Å²) in [5.41, 5.74) is 1.70. The van der Waals surface area contributed by atoms with Gasteiger partial charge < -0.3 is 19.7 Å². The lowest BCUT2D eigenvalue weighted by Crippen LogP contribution is -2.46. The van der Waals surface area contributed by atoms with E-state index in [1.807, 2.05) is 48.3 Å². The molecule has 1 fully saturated rings. The van der Waals surface area contributed by atoms with Gasteiger partial charge in [0.2, 0.25) is 18.6 Å². The third kappa shape index (κ3) is 4.66. The van der Waals surface area contributed by atoms with Gasteiger partial charge in [-0.1, -0.05) is 37.3 Å². The number of hydrogen-bond acceptors (Lipinski definition) is 5. The number of nitrogens with zero attached hydrogens (tertiary/aromatic N) is 2. The Balaban J connectivity index is 1.36. The second-order valence-corrected chi connectivity index (χ2v) is 8.04. The normalized spacial score (nSPS) is 16.9. The van der Waals surface area contributed by atoms with Crippen LogP contribution in [0.2, 0.25) is 0 Å². The van der Waals surface area contributed by atoms with E-state index in [-0.39, 0.29) is 30.6 Å². The van der Waals surface area contributed by atoms with E-state index >= 15 is 0 Å². The Morgan fingerprint density at radius 2 is 1.81 bits per heavy atom. The summed E-state index contributed by atoms with van der Waals surface area (Å²) in [5, 5.41) is 2.98. The molecule has 2 aliphatic heterocycles. The zero-order valence-corrected chi connectivity index (χ0v) is 18.0. The molecule has 2 aliphatic rings. The summed E-state index contributed by atoms with van der Waals surface area (Å²) in [6.07, 6.45) is 1.30. The van der Waals surface area contributed by atoms with Crippen molar-refractivity contribution >= 4 is 17.5 Å². The van der Waals surface area contributed by atoms with Gasteiger partial charge in [0.25, 0.3) is 0 Å². The summed E-state index contributed by atoms with van der Waals surface area (Å²) in [6.45, 7) is 4.20. The van der Waals surface area contributed by atoms with E-state index < -0.39 is 0 Å². The number of nitrogens with one attached hydrogen (secondary N) is 1. The van der Waals surface area contributed by atoms with E-state index in [4.69, 9.17) is 9.47 Å². The first-order chi connectivity index (χ1) is 15.1. The SMILES string of the molecule is CCN(C)C(C(=O)N1CCC(C(=O)Nc2ccc3c(c2)OCO3)CC1)c1ccccc1. The molecule has 0 radical (unpaired) electrons. The molecule has 0 aromatic heterocycles. The molecule has 0 spiro atoms. The van der Waals surface area contributed by atoms with E-state index in [2.05, 4.69) is 17.1 Å². The van der Waals surface area contributed by atoms with Gasteiger partial charge in [0.15, 0.2) is 11.5 Å². The molecule has 0 bridgehead atoms. The van der Waals surface area contributed by atoms with Crippen LogP contribution in [0.1, 0.15) is 31.4 Å². The quantitative estimate of drug-likeness (QED) is 0.772. The van der Waals surface area contributed by atoms with Gasteiger partial charge in [-0.2, -0.15) is 0 Å². The highest BCUT2D eigenvalue weighted by molar-refractivity contribution is 5.93. The summed E-state index contributed by atoms with van der Waals surface area (Å²) in [5.74, 6) is 1.30. The van der Waals surface area contributed by atoms with Crippen LogP contribution in [0.3, 0.4) is 0 Å². The van der Waals surface area contributed by atoms with Crippen molar-refractivity contribution in [3.63, 3.8) is 0 Å². The first-order valence-electron chi connectivity index (χ1n) is 10.8. The van der Waals surface area contributed by atoms with Crippen molar-refractivity contribution in [1.29, 1.82) is 0 Å². The zero-order valence-electron chi connectivity index (χ0n) is 18.0. The van der Waals surface area contributed by atoms with Crippen LogP contribution in [-0.4, -0.2) is 55.1 Å². The van der Waals surface area contributed by atoms with Crippen molar-refractivity contribution in [2.45, 2.75) is 25.8 Å². The standard InChI is InChI=1S/C24H29N3O4/c1-3-26(2)22(17-7-5-4-6-8-17)24(29)27-13-11-18(12-14-27)23(28)25-19-9-10-20-21(15-19)31-16-30-20/h4-10,15,18,22H,3,11-14,16H2,1-2H3,(H,25,28). The number of rotatable bonds is 6. The number of amides is 2. The maximum absolute atomic E-state index is 13.3. The number of carbonyl (C=O) groups is 2. The average Bonchev–Trinajstić information content (AvgIpc) is 3.27. The zero-order chi connectivity index (χ0) is 21.8. The molecular weight excluding hydrogens is 394 g/mol. The van der Waals surface area contributed by atoms with Crippen LogP contribution in [0.15, 0.2) is 48.5 Å². The van der Waals surface area contributed by atoms with Gasteiger partial charge in [-0.3, -0.25) is 14.5 Å². The molecule has 1 atom stereocenters. The number of piperidine rings is 1. The number of likely N-dealkylation sites (tertiary alicyclic amines) is 1. The topological polar surface area (TPSA) is 71.1 Å². The van der Waals surface area contributed by atoms with Crippen LogP contribution in [0.25, 0.3) is 0 Å². The molecule has 1 saturated heterocycles. The van der Waals surface area contributed by atoms with Crippen molar-refractivity contribution in [2.75, 3.05) is 38.8 Å². The van der Waals surface area contributed by atoms with Crippen LogP contribution in [0.4, 0.5) is 5.69 Å². The van der Waals surface area contributed by atoms with E-state index in [1.54, 1.807) is 12.1 Å². The van der Waals surface area contributed by atoms with E-state index in [0.717, 1.165) is 12.1 Å². The number of ether oxygens (including phenoxy) is 2. The summed E-state index contributed by atoms with van der Waals surface area (Å²) in [6, 6.07) is 15.0. The molecule has 7 heteroatoms. The van der Waals surface area contributed by atoms with E-state index in [1.165, 1.54) is 0 Å². The Labute approximate surface area is 182 Å². The molecule has 1 unspecified atom stereocenters. The summed E-state index contributed by atoms with van der Waals surface area (Å²) >= 11 is 0. The summed E-state index contributed by atoms with van der Waals surface area (Å²) < 4.78 is 10.7. The lowest BCUT2D eigenvalue weighted by atomic mass is 9.94. The summed E-state index contributed by atoms with van der Waals surface area (Å²) in [4.78, 5) is 30.1. The van der Waals surface area contributed by atoms with Gasteiger partial charge >= 0.3 is 0 Å². The first-order valence-corrected chi connectivity index (χ1v) is 10.8. The second-order valence-electron chi connectivity index (χ2n) is 8.04. The maximum atomic E-state index is 13.3. The van der Waals surface area contributed by atoms with Crippen molar-refractivity contribution in [2.24, 2.45) is 5.92 Å². The average molecular weight is 424 g/mol. The van der Waals surface area contributed by atoms with Crippen LogP contribution >= 0.6 is 0 Å². The predicted molar refractivity (Wildman–Crippen MR) is 118 cm³/mol. The first kappa shape index (κ1) is 21.2. The van der Waals surface area contributed by atoms with Gasteiger partial charge in [-0.25, -0.2) is 0 Å². The number of hydrogen-bond donors (Lipinski definition) is 1. The Morgan fingerprint density at radius 3 is 2.52 bits per heavy atom. The van der Waals surface area contributed by atoms with Crippen molar-refractivity contribution in [3.8, 4) is 11.5 Å². The van der Waals surface area contributed by atoms with Gasteiger partial charge in [0.05, 0.1) is 0 Å². The fourth-order valence-electron chi connectivity index (χ4n) is 4.16. The molecule has 2 heterocycles. The highest BCUT2D eigenvalue weighted by Crippen LogP contribution is 2.34. The third-order valence-corrected chi connectivity index (χ3v) is 6.11. The number of fused-ring (bicyclic) bond motifs is 1. The highest BCUT2D eigenvalue weighted by atomic mass is 16.7. The van der Waals surface area contributed by atoms with Gasteiger partial charge in [-0.15, -0.1) is 0 Å². The number of carbonyl (C=O) groups excluding carboxylic acids is 2. The molecule has 7 nitrogen and oxygen atoms in total. The van der Waals surface area contributed by atoms with Crippen molar-refractivity contribution in [1.82, 2.24) is 9.80 Å². The van der Waals surface area contributed by atoms with E-state index in [0.29, 0.717) is 43.1 Å². The minimum Gasteiger partial charge on any atom is -0.454 e. The Bertz CT molecular complexity index is 926. The van der Waals surface area contributed by atoms with Crippen LogP contribution < -0.4 is 14.8 Å². The molecule has 0 saturated carbocycles. The lowest BCUT2D eigenvalue weighted by Gasteiger charge is -2.36. The Kier molecular flexibility index (Phi) is 6.42. The third-order valence-electron chi connectivity index (χ3n) is 6.11. The minimum absolute atomic E-state index is 0.0174. The Hall–Kier alpha value is -3.06. The monoisotopic (exact) mass is 423 g/mol. The molecule has 2 aromatic rings. The molecule has 0 aliphatic carbocycles. The van der Waals surface area contributed by atoms with Crippen molar-refractivity contribution in [3.05, 3.63) is 54.1 Å². The second kappa shape index (κ2) is 9.39. The van der Waals surface area contributed by atoms with Crippen LogP contribution in [0, 0.1) is 5.92 Å². The molecule has 4 rings (SSSR count). The smallest absolute Gasteiger partial charge is 0.244 e. The number of likely N-dealkylation sites (N-methyl/N-ethyl adjacent to an activating group) is 1. The number of anilines is 1. The van der Waals surface area contributed by atoms with Gasteiger partial charge in [-0.05, 0) is 44.1 Å². The summed E-state index contributed by atoms with van der Waals surface area (Å²) in [7, 11) is 1.97. The highest BCUT2D eigenvalue weighted by Gasteiger charge is 2.33. The van der Waals surface area contributed by atoms with Crippen molar-refractivity contribution < 1.29 is 19.1 Å². The number of benzene rings is 2. The molecule has 164 valence electrons. The molecular formula is C24H29N3O4. The fraction of sp³-hybridized carbons (Fsp3) is 0.417. The van der Waals surface area contributed by atoms with Crippen LogP contribution in [-0.2, 0) is 9.59 Å². The van der Waals surface area contributed by atoms with Crippen LogP contribution in [0.5, 0.6) is 11.5 Å². The fourth-order valence-corrected chi connectivity index (χ4v) is 4.16.